The quantitative estimate of drug-likeness (QED) is 0.117. The largest absolute Gasteiger partial charge is 0.313 e. The molecule has 0 bridgehead atoms. The number of benzene rings is 2. The van der Waals surface area contributed by atoms with E-state index in [4.69, 9.17) is 0 Å². The van der Waals surface area contributed by atoms with Crippen molar-refractivity contribution < 1.29 is 8.97 Å². The molecule has 2 nitrogen and oxygen atoms in total. The molecule has 2 rings (SSSR count). The Bertz CT molecular complexity index is 760. The van der Waals surface area contributed by atoms with Gasteiger partial charge in [0.2, 0.25) is 0 Å². The summed E-state index contributed by atoms with van der Waals surface area (Å²) in [5.74, 6) is 0. The maximum absolute atomic E-state index is 4.06. The fraction of sp³-hybridized carbons (Fsp3) is 0.375. The second kappa shape index (κ2) is 15.3. The maximum Gasteiger partial charge on any atom is 0.105 e. The molecule has 0 N–H and O–H groups in total. The van der Waals surface area contributed by atoms with E-state index in [2.05, 4.69) is 111 Å². The summed E-state index contributed by atoms with van der Waals surface area (Å²) in [5, 5.41) is 0. The minimum Gasteiger partial charge on any atom is -0.313 e. The first kappa shape index (κ1) is 27.6. The van der Waals surface area contributed by atoms with E-state index in [9.17, 15) is 0 Å². The van der Waals surface area contributed by atoms with Crippen molar-refractivity contribution in [2.75, 3.05) is 39.3 Å². The molecule has 2 aromatic carbocycles. The molecule has 0 saturated heterocycles. The standard InChI is InChI=1S/C32H46N2/c1-5-23-33(24-6-2,29-31-19-13-11-14-20-31)27-17-9-10-18-28-34(25-7-3,26-8-4)30-32-21-15-12-16-22-32/h5-8,11-16,19-22H,1-4,9-10,17-18,23-30H2/q+2. The van der Waals surface area contributed by atoms with Crippen molar-refractivity contribution in [2.45, 2.75) is 38.8 Å². The normalized spacial score (nSPS) is 11.6. The Labute approximate surface area is 209 Å². The molecule has 182 valence electrons. The molecule has 0 heterocycles. The Morgan fingerprint density at radius 3 is 1.09 bits per heavy atom. The van der Waals surface area contributed by atoms with Crippen LogP contribution in [0.4, 0.5) is 0 Å². The summed E-state index contributed by atoms with van der Waals surface area (Å²) < 4.78 is 2.02. The summed E-state index contributed by atoms with van der Waals surface area (Å²) in [5.41, 5.74) is 2.78. The van der Waals surface area contributed by atoms with Crippen LogP contribution in [0.25, 0.3) is 0 Å². The van der Waals surface area contributed by atoms with Crippen LogP contribution < -0.4 is 0 Å². The highest BCUT2D eigenvalue weighted by atomic mass is 15.3. The molecule has 0 aliphatic rings. The van der Waals surface area contributed by atoms with Gasteiger partial charge in [-0.1, -0.05) is 87.0 Å². The summed E-state index contributed by atoms with van der Waals surface area (Å²) in [4.78, 5) is 0. The topological polar surface area (TPSA) is 0 Å². The first-order valence-electron chi connectivity index (χ1n) is 12.8. The molecule has 0 aliphatic heterocycles. The molecule has 0 saturated carbocycles. The fourth-order valence-corrected chi connectivity index (χ4v) is 5.22. The number of hydrogen-bond donors (Lipinski definition) is 0. The number of hydrogen-bond acceptors (Lipinski definition) is 0. The lowest BCUT2D eigenvalue weighted by Crippen LogP contribution is -2.48. The first-order chi connectivity index (χ1) is 16.6. The van der Waals surface area contributed by atoms with Crippen molar-refractivity contribution in [2.24, 2.45) is 0 Å². The van der Waals surface area contributed by atoms with Crippen LogP contribution >= 0.6 is 0 Å². The second-order valence-corrected chi connectivity index (χ2v) is 9.72. The highest BCUT2D eigenvalue weighted by Crippen LogP contribution is 2.20. The minimum atomic E-state index is 0.983. The Morgan fingerprint density at radius 1 is 0.471 bits per heavy atom. The van der Waals surface area contributed by atoms with Gasteiger partial charge in [-0.2, -0.15) is 0 Å². The van der Waals surface area contributed by atoms with Crippen molar-refractivity contribution in [3.05, 3.63) is 122 Å². The molecule has 34 heavy (non-hydrogen) atoms. The zero-order valence-corrected chi connectivity index (χ0v) is 21.3. The molecule has 2 aromatic rings. The summed E-state index contributed by atoms with van der Waals surface area (Å²) in [7, 11) is 0. The van der Waals surface area contributed by atoms with Crippen molar-refractivity contribution in [3.63, 3.8) is 0 Å². The van der Waals surface area contributed by atoms with E-state index < -0.39 is 0 Å². The molecule has 0 atom stereocenters. The Kier molecular flexibility index (Phi) is 12.4. The molecule has 0 radical (unpaired) electrons. The zero-order valence-electron chi connectivity index (χ0n) is 21.3. The van der Waals surface area contributed by atoms with Crippen LogP contribution in [0.3, 0.4) is 0 Å². The Morgan fingerprint density at radius 2 is 0.794 bits per heavy atom. The van der Waals surface area contributed by atoms with E-state index in [1.165, 1.54) is 36.8 Å². The van der Waals surface area contributed by atoms with Crippen LogP contribution in [0, 0.1) is 0 Å². The first-order valence-corrected chi connectivity index (χ1v) is 12.8. The van der Waals surface area contributed by atoms with Crippen molar-refractivity contribution in [3.8, 4) is 0 Å². The lowest BCUT2D eigenvalue weighted by atomic mass is 10.1. The summed E-state index contributed by atoms with van der Waals surface area (Å²) >= 11 is 0. The monoisotopic (exact) mass is 458 g/mol. The van der Waals surface area contributed by atoms with Crippen molar-refractivity contribution in [1.29, 1.82) is 0 Å². The molecule has 0 fully saturated rings. The van der Waals surface area contributed by atoms with Gasteiger partial charge in [0.05, 0.1) is 39.3 Å². The van der Waals surface area contributed by atoms with Gasteiger partial charge in [0.15, 0.2) is 0 Å². The van der Waals surface area contributed by atoms with Gasteiger partial charge < -0.3 is 8.97 Å². The van der Waals surface area contributed by atoms with Crippen LogP contribution in [-0.4, -0.2) is 48.2 Å². The van der Waals surface area contributed by atoms with Crippen LogP contribution in [0.1, 0.15) is 36.8 Å². The molecule has 0 unspecified atom stereocenters. The predicted molar refractivity (Wildman–Crippen MR) is 149 cm³/mol. The Hall–Kier alpha value is -2.68. The van der Waals surface area contributed by atoms with Gasteiger partial charge in [0.1, 0.15) is 13.1 Å². The van der Waals surface area contributed by atoms with E-state index in [-0.39, 0.29) is 0 Å². The number of nitrogens with zero attached hydrogens (tertiary/aromatic N) is 2. The SMILES string of the molecule is C=CC[N+](CC=C)(CCCCCC[N+](CC=C)(CC=C)Cc1ccccc1)Cc1ccccc1. The van der Waals surface area contributed by atoms with Crippen molar-refractivity contribution >= 4 is 0 Å². The number of unbranched alkanes of at least 4 members (excludes halogenated alkanes) is 3. The molecular formula is C32H46N2+2. The third kappa shape index (κ3) is 9.29. The van der Waals surface area contributed by atoms with Crippen LogP contribution in [-0.2, 0) is 13.1 Å². The molecule has 0 amide bonds. The van der Waals surface area contributed by atoms with Gasteiger partial charge in [-0.3, -0.25) is 0 Å². The molecule has 0 spiro atoms. The molecule has 0 aliphatic carbocycles. The summed E-state index contributed by atoms with van der Waals surface area (Å²) in [6, 6.07) is 21.7. The van der Waals surface area contributed by atoms with Crippen molar-refractivity contribution in [1.82, 2.24) is 0 Å². The summed E-state index contributed by atoms with van der Waals surface area (Å²) in [6.07, 6.45) is 13.3. The lowest BCUT2D eigenvalue weighted by molar-refractivity contribution is -0.931. The van der Waals surface area contributed by atoms with Crippen LogP contribution in [0.15, 0.2) is 111 Å². The minimum absolute atomic E-state index is 0.983. The van der Waals surface area contributed by atoms with E-state index in [0.29, 0.717) is 0 Å². The zero-order chi connectivity index (χ0) is 24.5. The maximum atomic E-state index is 4.06. The molecular weight excluding hydrogens is 412 g/mol. The highest BCUT2D eigenvalue weighted by Gasteiger charge is 2.26. The summed E-state index contributed by atoms with van der Waals surface area (Å²) in [6.45, 7) is 24.6. The smallest absolute Gasteiger partial charge is 0.105 e. The van der Waals surface area contributed by atoms with Gasteiger partial charge in [-0.25, -0.2) is 0 Å². The van der Waals surface area contributed by atoms with Gasteiger partial charge >= 0.3 is 0 Å². The van der Waals surface area contributed by atoms with E-state index in [1.807, 2.05) is 0 Å². The average Bonchev–Trinajstić information content (AvgIpc) is 2.83. The number of rotatable bonds is 19. The van der Waals surface area contributed by atoms with Crippen LogP contribution in [0.2, 0.25) is 0 Å². The average molecular weight is 459 g/mol. The van der Waals surface area contributed by atoms with E-state index >= 15 is 0 Å². The van der Waals surface area contributed by atoms with E-state index in [0.717, 1.165) is 61.3 Å². The van der Waals surface area contributed by atoms with Gasteiger partial charge in [-0.05, 0) is 50.0 Å². The Balaban J connectivity index is 1.92. The third-order valence-corrected chi connectivity index (χ3v) is 6.80. The lowest BCUT2D eigenvalue weighted by Gasteiger charge is -2.38. The highest BCUT2D eigenvalue weighted by molar-refractivity contribution is 5.14. The van der Waals surface area contributed by atoms with E-state index in [1.54, 1.807) is 0 Å². The fourth-order valence-electron chi connectivity index (χ4n) is 5.22. The predicted octanol–water partition coefficient (Wildman–Crippen LogP) is 7.32. The third-order valence-electron chi connectivity index (χ3n) is 6.80. The second-order valence-electron chi connectivity index (χ2n) is 9.72. The van der Waals surface area contributed by atoms with Gasteiger partial charge in [0, 0.05) is 11.1 Å². The van der Waals surface area contributed by atoms with Gasteiger partial charge in [0.25, 0.3) is 0 Å². The van der Waals surface area contributed by atoms with Gasteiger partial charge in [-0.15, -0.1) is 0 Å². The molecule has 2 heteroatoms. The number of quaternary nitrogens is 2. The van der Waals surface area contributed by atoms with Crippen LogP contribution in [0.5, 0.6) is 0 Å². The molecule has 0 aromatic heterocycles.